The van der Waals surface area contributed by atoms with Crippen molar-refractivity contribution >= 4 is 6.21 Å². The second-order valence-corrected chi connectivity index (χ2v) is 3.34. The number of aliphatic imine (C=N–C) groups is 1. The first-order chi connectivity index (χ1) is 6.18. The van der Waals surface area contributed by atoms with Gasteiger partial charge in [0.1, 0.15) is 0 Å². The summed E-state index contributed by atoms with van der Waals surface area (Å²) >= 11 is 0. The predicted octanol–water partition coefficient (Wildman–Crippen LogP) is 2.99. The molecule has 13 heavy (non-hydrogen) atoms. The van der Waals surface area contributed by atoms with Gasteiger partial charge in [0.2, 0.25) is 0 Å². The van der Waals surface area contributed by atoms with Crippen LogP contribution >= 0.6 is 0 Å². The highest BCUT2D eigenvalue weighted by Gasteiger charge is 1.86. The minimum Gasteiger partial charge on any atom is -0.288 e. The molecule has 0 radical (unpaired) electrons. The zero-order valence-corrected chi connectivity index (χ0v) is 8.25. The zero-order valence-electron chi connectivity index (χ0n) is 8.25. The van der Waals surface area contributed by atoms with Crippen LogP contribution in [0.3, 0.4) is 0 Å². The fraction of sp³-hybridized carbons (Fsp3) is 0.250. The molecule has 0 aliphatic carbocycles. The third-order valence-electron chi connectivity index (χ3n) is 1.68. The minimum atomic E-state index is 0.716. The van der Waals surface area contributed by atoms with E-state index >= 15 is 0 Å². The number of nitrogens with zero attached hydrogens (tertiary/aromatic N) is 1. The van der Waals surface area contributed by atoms with E-state index in [1.807, 2.05) is 13.1 Å². The van der Waals surface area contributed by atoms with E-state index in [9.17, 15) is 0 Å². The lowest BCUT2D eigenvalue weighted by atomic mass is 10.2. The van der Waals surface area contributed by atoms with Crippen LogP contribution in [-0.2, 0) is 0 Å². The van der Waals surface area contributed by atoms with Gasteiger partial charge in [-0.3, -0.25) is 4.99 Å². The second kappa shape index (κ2) is 4.61. The van der Waals surface area contributed by atoms with Crippen LogP contribution in [0.2, 0.25) is 0 Å². The Hall–Kier alpha value is -1.37. The first-order valence-electron chi connectivity index (χ1n) is 4.39. The van der Waals surface area contributed by atoms with Gasteiger partial charge in [-0.2, -0.15) is 0 Å². The van der Waals surface area contributed by atoms with Crippen LogP contribution in [0.15, 0.2) is 41.4 Å². The Bertz CT molecular complexity index is 306. The van der Waals surface area contributed by atoms with Crippen LogP contribution < -0.4 is 0 Å². The van der Waals surface area contributed by atoms with Crippen molar-refractivity contribution in [2.75, 3.05) is 6.54 Å². The van der Waals surface area contributed by atoms with E-state index in [2.05, 4.69) is 42.8 Å². The third kappa shape index (κ3) is 3.70. The molecule has 1 aromatic carbocycles. The molecule has 68 valence electrons. The summed E-state index contributed by atoms with van der Waals surface area (Å²) in [6.07, 6.45) is 1.88. The van der Waals surface area contributed by atoms with Gasteiger partial charge in [0.05, 0.1) is 6.54 Å². The molecule has 0 N–H and O–H groups in total. The SMILES string of the molecule is C=C(C)CN=Cc1ccc(C)cc1. The molecule has 0 heterocycles. The number of aryl methyl sites for hydroxylation is 1. The summed E-state index contributed by atoms with van der Waals surface area (Å²) in [5.41, 5.74) is 3.51. The molecule has 0 aliphatic heterocycles. The molecule has 1 heteroatoms. The van der Waals surface area contributed by atoms with Crippen molar-refractivity contribution in [3.05, 3.63) is 47.5 Å². The van der Waals surface area contributed by atoms with Crippen molar-refractivity contribution in [1.29, 1.82) is 0 Å². The highest BCUT2D eigenvalue weighted by molar-refractivity contribution is 5.79. The highest BCUT2D eigenvalue weighted by atomic mass is 14.7. The van der Waals surface area contributed by atoms with Crippen molar-refractivity contribution in [3.63, 3.8) is 0 Å². The molecule has 1 aromatic rings. The monoisotopic (exact) mass is 173 g/mol. The summed E-state index contributed by atoms with van der Waals surface area (Å²) in [6.45, 7) is 8.56. The lowest BCUT2D eigenvalue weighted by molar-refractivity contribution is 1.15. The van der Waals surface area contributed by atoms with Gasteiger partial charge in [-0.1, -0.05) is 42.0 Å². The van der Waals surface area contributed by atoms with E-state index in [0.29, 0.717) is 6.54 Å². The van der Waals surface area contributed by atoms with Crippen molar-refractivity contribution < 1.29 is 0 Å². The molecule has 0 saturated heterocycles. The largest absolute Gasteiger partial charge is 0.288 e. The van der Waals surface area contributed by atoms with Gasteiger partial charge in [0.15, 0.2) is 0 Å². The Morgan fingerprint density at radius 1 is 1.38 bits per heavy atom. The maximum atomic E-state index is 4.25. The second-order valence-electron chi connectivity index (χ2n) is 3.34. The van der Waals surface area contributed by atoms with Gasteiger partial charge in [0, 0.05) is 6.21 Å². The van der Waals surface area contributed by atoms with Gasteiger partial charge in [-0.15, -0.1) is 0 Å². The molecule has 0 saturated carbocycles. The molecule has 0 bridgehead atoms. The highest BCUT2D eigenvalue weighted by Crippen LogP contribution is 2.00. The van der Waals surface area contributed by atoms with E-state index in [0.717, 1.165) is 11.1 Å². The zero-order chi connectivity index (χ0) is 9.68. The van der Waals surface area contributed by atoms with Crippen LogP contribution in [0.1, 0.15) is 18.1 Å². The number of hydrogen-bond donors (Lipinski definition) is 0. The molecule has 0 aromatic heterocycles. The van der Waals surface area contributed by atoms with Crippen LogP contribution in [-0.4, -0.2) is 12.8 Å². The summed E-state index contributed by atoms with van der Waals surface area (Å²) in [5, 5.41) is 0. The lowest BCUT2D eigenvalue weighted by Crippen LogP contribution is -1.85. The van der Waals surface area contributed by atoms with Crippen LogP contribution in [0.25, 0.3) is 0 Å². The number of hydrogen-bond acceptors (Lipinski definition) is 1. The van der Waals surface area contributed by atoms with E-state index < -0.39 is 0 Å². The standard InChI is InChI=1S/C12H15N/c1-10(2)8-13-9-12-6-4-11(3)5-7-12/h4-7,9H,1,8H2,2-3H3. The predicted molar refractivity (Wildman–Crippen MR) is 58.5 cm³/mol. The Morgan fingerprint density at radius 3 is 2.54 bits per heavy atom. The Balaban J connectivity index is 2.59. The van der Waals surface area contributed by atoms with E-state index in [1.165, 1.54) is 5.56 Å². The van der Waals surface area contributed by atoms with Crippen molar-refractivity contribution in [2.24, 2.45) is 4.99 Å². The van der Waals surface area contributed by atoms with Crippen LogP contribution in [0.5, 0.6) is 0 Å². The Kier molecular flexibility index (Phi) is 3.44. The quantitative estimate of drug-likeness (QED) is 0.492. The first-order valence-corrected chi connectivity index (χ1v) is 4.39. The topological polar surface area (TPSA) is 12.4 Å². The smallest absolute Gasteiger partial charge is 0.0594 e. The molecular weight excluding hydrogens is 158 g/mol. The van der Waals surface area contributed by atoms with Gasteiger partial charge in [-0.05, 0) is 19.4 Å². The molecule has 1 rings (SSSR count). The van der Waals surface area contributed by atoms with Crippen molar-refractivity contribution in [2.45, 2.75) is 13.8 Å². The Labute approximate surface area is 79.8 Å². The summed E-state index contributed by atoms with van der Waals surface area (Å²) in [6, 6.07) is 8.30. The average Bonchev–Trinajstić information content (AvgIpc) is 2.08. The molecule has 0 amide bonds. The average molecular weight is 173 g/mol. The van der Waals surface area contributed by atoms with Crippen LogP contribution in [0, 0.1) is 6.92 Å². The maximum Gasteiger partial charge on any atom is 0.0594 e. The number of benzene rings is 1. The Morgan fingerprint density at radius 2 is 2.00 bits per heavy atom. The minimum absolute atomic E-state index is 0.716. The molecule has 0 unspecified atom stereocenters. The van der Waals surface area contributed by atoms with E-state index in [1.54, 1.807) is 0 Å². The van der Waals surface area contributed by atoms with Crippen molar-refractivity contribution in [1.82, 2.24) is 0 Å². The van der Waals surface area contributed by atoms with Gasteiger partial charge >= 0.3 is 0 Å². The fourth-order valence-electron chi connectivity index (χ4n) is 0.959. The normalized spacial score (nSPS) is 10.6. The summed E-state index contributed by atoms with van der Waals surface area (Å²) in [5.74, 6) is 0. The van der Waals surface area contributed by atoms with E-state index in [4.69, 9.17) is 0 Å². The van der Waals surface area contributed by atoms with Crippen molar-refractivity contribution in [3.8, 4) is 0 Å². The fourth-order valence-corrected chi connectivity index (χ4v) is 0.959. The molecule has 0 fully saturated rings. The summed E-state index contributed by atoms with van der Waals surface area (Å²) in [7, 11) is 0. The third-order valence-corrected chi connectivity index (χ3v) is 1.68. The summed E-state index contributed by atoms with van der Waals surface area (Å²) in [4.78, 5) is 4.25. The van der Waals surface area contributed by atoms with Gasteiger partial charge < -0.3 is 0 Å². The first kappa shape index (κ1) is 9.72. The number of rotatable bonds is 3. The van der Waals surface area contributed by atoms with Crippen LogP contribution in [0.4, 0.5) is 0 Å². The molecular formula is C12H15N. The summed E-state index contributed by atoms with van der Waals surface area (Å²) < 4.78 is 0. The molecule has 0 aliphatic rings. The van der Waals surface area contributed by atoms with Gasteiger partial charge in [0.25, 0.3) is 0 Å². The van der Waals surface area contributed by atoms with Gasteiger partial charge in [-0.25, -0.2) is 0 Å². The maximum absolute atomic E-state index is 4.25. The molecule has 0 spiro atoms. The lowest BCUT2D eigenvalue weighted by Gasteiger charge is -1.94. The molecule has 1 nitrogen and oxygen atoms in total. The van der Waals surface area contributed by atoms with E-state index in [-0.39, 0.29) is 0 Å². The molecule has 0 atom stereocenters.